The fourth-order valence-electron chi connectivity index (χ4n) is 3.97. The summed E-state index contributed by atoms with van der Waals surface area (Å²) in [5, 5.41) is 14.1. The monoisotopic (exact) mass is 389 g/mol. The van der Waals surface area contributed by atoms with E-state index in [4.69, 9.17) is 4.42 Å². The van der Waals surface area contributed by atoms with Gasteiger partial charge in [0, 0.05) is 42.5 Å². The predicted octanol–water partition coefficient (Wildman–Crippen LogP) is 3.22. The number of carboxylic acids is 1. The maximum absolute atomic E-state index is 12.0. The Morgan fingerprint density at radius 1 is 1.21 bits per heavy atom. The number of benzene rings is 1. The molecule has 0 amide bonds. The molecule has 0 saturated carbocycles. The van der Waals surface area contributed by atoms with Crippen molar-refractivity contribution in [2.75, 3.05) is 16.8 Å². The van der Waals surface area contributed by atoms with Crippen molar-refractivity contribution in [1.29, 1.82) is 0 Å². The Morgan fingerprint density at radius 3 is 2.79 bits per heavy atom. The topological polar surface area (TPSA) is 104 Å². The second kappa shape index (κ2) is 6.73. The molecule has 2 N–H and O–H groups in total. The van der Waals surface area contributed by atoms with Gasteiger partial charge in [-0.15, -0.1) is 0 Å². The summed E-state index contributed by atoms with van der Waals surface area (Å²) in [7, 11) is 0. The summed E-state index contributed by atoms with van der Waals surface area (Å²) in [6.07, 6.45) is 3.85. The molecule has 1 unspecified atom stereocenters. The molecule has 1 aliphatic rings. The molecule has 29 heavy (non-hydrogen) atoms. The Hall–Kier alpha value is -3.68. The average molecular weight is 389 g/mol. The van der Waals surface area contributed by atoms with Crippen LogP contribution in [0.2, 0.25) is 0 Å². The molecule has 1 fully saturated rings. The fourth-order valence-corrected chi connectivity index (χ4v) is 3.97. The quantitative estimate of drug-likeness (QED) is 0.548. The first kappa shape index (κ1) is 17.4. The zero-order valence-corrected chi connectivity index (χ0v) is 15.7. The smallest absolute Gasteiger partial charge is 0.326 e. The minimum Gasteiger partial charge on any atom is -0.480 e. The molecule has 8 heteroatoms. The Morgan fingerprint density at radius 2 is 2.00 bits per heavy atom. The molecule has 1 aliphatic heterocycles. The van der Waals surface area contributed by atoms with Gasteiger partial charge in [0.15, 0.2) is 11.4 Å². The van der Waals surface area contributed by atoms with E-state index in [0.717, 1.165) is 11.1 Å². The minimum atomic E-state index is -0.885. The molecular formula is C21H19N5O3. The van der Waals surface area contributed by atoms with Gasteiger partial charge in [0.05, 0.1) is 0 Å². The standard InChI is InChI=1S/C21H19N5O3/c1-12-23-18-15-4-2-3-5-17(15)29-19(18)20(24-12)26-11-14(10-16(26)21(27)28)25-13-6-8-22-9-7-13/h2-9,14,16H,10-11H2,1H3,(H,22,25)(H,27,28)/t14?,16-/m0/s1. The van der Waals surface area contributed by atoms with Crippen LogP contribution in [0.3, 0.4) is 0 Å². The van der Waals surface area contributed by atoms with E-state index in [-0.39, 0.29) is 6.04 Å². The van der Waals surface area contributed by atoms with E-state index in [1.807, 2.05) is 43.3 Å². The number of carbonyl (C=O) groups is 1. The average Bonchev–Trinajstić information content (AvgIpc) is 3.30. The normalized spacial score (nSPS) is 19.1. The van der Waals surface area contributed by atoms with Crippen LogP contribution < -0.4 is 10.2 Å². The molecule has 146 valence electrons. The minimum absolute atomic E-state index is 0.0480. The van der Waals surface area contributed by atoms with E-state index < -0.39 is 12.0 Å². The van der Waals surface area contributed by atoms with Crippen molar-refractivity contribution < 1.29 is 14.3 Å². The predicted molar refractivity (Wildman–Crippen MR) is 109 cm³/mol. The zero-order chi connectivity index (χ0) is 20.0. The molecule has 4 aromatic rings. The summed E-state index contributed by atoms with van der Waals surface area (Å²) in [6, 6.07) is 10.6. The summed E-state index contributed by atoms with van der Waals surface area (Å²) >= 11 is 0. The first-order chi connectivity index (χ1) is 14.1. The van der Waals surface area contributed by atoms with Crippen molar-refractivity contribution >= 4 is 39.5 Å². The zero-order valence-electron chi connectivity index (χ0n) is 15.7. The molecule has 4 heterocycles. The van der Waals surface area contributed by atoms with Crippen LogP contribution in [0.4, 0.5) is 11.5 Å². The Labute approximate surface area is 166 Å². The van der Waals surface area contributed by atoms with Crippen molar-refractivity contribution in [3.05, 3.63) is 54.6 Å². The summed E-state index contributed by atoms with van der Waals surface area (Å²) in [5.41, 5.74) is 2.84. The first-order valence-corrected chi connectivity index (χ1v) is 9.42. The van der Waals surface area contributed by atoms with E-state index in [0.29, 0.717) is 41.3 Å². The van der Waals surface area contributed by atoms with Crippen LogP contribution in [0.15, 0.2) is 53.2 Å². The summed E-state index contributed by atoms with van der Waals surface area (Å²) in [4.78, 5) is 27.0. The lowest BCUT2D eigenvalue weighted by molar-refractivity contribution is -0.138. The first-order valence-electron chi connectivity index (χ1n) is 9.42. The van der Waals surface area contributed by atoms with Gasteiger partial charge in [0.25, 0.3) is 0 Å². The molecule has 0 radical (unpaired) electrons. The summed E-state index contributed by atoms with van der Waals surface area (Å²) in [6.45, 7) is 2.30. The SMILES string of the molecule is Cc1nc(N2CC(Nc3ccncc3)C[C@H]2C(=O)O)c2oc3ccccc3c2n1. The molecule has 0 aliphatic carbocycles. The fraction of sp³-hybridized carbons (Fsp3) is 0.238. The molecular weight excluding hydrogens is 370 g/mol. The molecule has 2 atom stereocenters. The highest BCUT2D eigenvalue weighted by Gasteiger charge is 2.39. The van der Waals surface area contributed by atoms with Crippen molar-refractivity contribution in [1.82, 2.24) is 15.0 Å². The molecule has 1 saturated heterocycles. The Bertz CT molecular complexity index is 1210. The van der Waals surface area contributed by atoms with Crippen molar-refractivity contribution in [3.63, 3.8) is 0 Å². The molecule has 8 nitrogen and oxygen atoms in total. The number of anilines is 2. The third kappa shape index (κ3) is 3.02. The van der Waals surface area contributed by atoms with E-state index in [9.17, 15) is 9.90 Å². The third-order valence-electron chi connectivity index (χ3n) is 5.22. The van der Waals surface area contributed by atoms with Crippen LogP contribution in [0, 0.1) is 6.92 Å². The number of para-hydroxylation sites is 1. The highest BCUT2D eigenvalue weighted by atomic mass is 16.4. The van der Waals surface area contributed by atoms with Gasteiger partial charge in [-0.3, -0.25) is 4.98 Å². The highest BCUT2D eigenvalue weighted by molar-refractivity contribution is 6.06. The van der Waals surface area contributed by atoms with Gasteiger partial charge in [-0.1, -0.05) is 12.1 Å². The number of hydrogen-bond donors (Lipinski definition) is 2. The van der Waals surface area contributed by atoms with Gasteiger partial charge >= 0.3 is 5.97 Å². The molecule has 5 rings (SSSR count). The Balaban J connectivity index is 1.58. The number of hydrogen-bond acceptors (Lipinski definition) is 7. The second-order valence-electron chi connectivity index (χ2n) is 7.19. The summed E-state index contributed by atoms with van der Waals surface area (Å²) < 4.78 is 6.04. The number of pyridine rings is 1. The van der Waals surface area contributed by atoms with Gasteiger partial charge in [-0.2, -0.15) is 0 Å². The van der Waals surface area contributed by atoms with Gasteiger partial charge in [0.1, 0.15) is 23.0 Å². The largest absolute Gasteiger partial charge is 0.480 e. The molecule has 0 spiro atoms. The second-order valence-corrected chi connectivity index (χ2v) is 7.19. The number of aliphatic carboxylic acids is 1. The van der Waals surface area contributed by atoms with Gasteiger partial charge in [0.2, 0.25) is 0 Å². The lowest BCUT2D eigenvalue weighted by Crippen LogP contribution is -2.37. The van der Waals surface area contributed by atoms with E-state index >= 15 is 0 Å². The lowest BCUT2D eigenvalue weighted by atomic mass is 10.1. The van der Waals surface area contributed by atoms with E-state index in [1.54, 1.807) is 17.3 Å². The van der Waals surface area contributed by atoms with Crippen molar-refractivity contribution in [2.45, 2.75) is 25.4 Å². The van der Waals surface area contributed by atoms with Crippen molar-refractivity contribution in [3.8, 4) is 0 Å². The number of fused-ring (bicyclic) bond motifs is 3. The van der Waals surface area contributed by atoms with Crippen LogP contribution in [0.5, 0.6) is 0 Å². The molecule has 0 bridgehead atoms. The van der Waals surface area contributed by atoms with Crippen molar-refractivity contribution in [2.24, 2.45) is 0 Å². The van der Waals surface area contributed by atoms with Crippen LogP contribution in [0.25, 0.3) is 22.1 Å². The third-order valence-corrected chi connectivity index (χ3v) is 5.22. The maximum Gasteiger partial charge on any atom is 0.326 e. The number of carboxylic acid groups (broad SMARTS) is 1. The lowest BCUT2D eigenvalue weighted by Gasteiger charge is -2.22. The van der Waals surface area contributed by atoms with Gasteiger partial charge < -0.3 is 19.7 Å². The summed E-state index contributed by atoms with van der Waals surface area (Å²) in [5.74, 6) is 0.216. The van der Waals surface area contributed by atoms with Crippen LogP contribution in [-0.4, -0.2) is 44.7 Å². The molecule has 1 aromatic carbocycles. The highest BCUT2D eigenvalue weighted by Crippen LogP contribution is 2.36. The number of rotatable bonds is 4. The number of aromatic nitrogens is 3. The van der Waals surface area contributed by atoms with E-state index in [1.165, 1.54) is 0 Å². The number of nitrogens with one attached hydrogen (secondary N) is 1. The number of nitrogens with zero attached hydrogens (tertiary/aromatic N) is 4. The number of aryl methyl sites for hydroxylation is 1. The molecule has 3 aromatic heterocycles. The maximum atomic E-state index is 12.0. The van der Waals surface area contributed by atoms with Gasteiger partial charge in [-0.05, 0) is 31.2 Å². The van der Waals surface area contributed by atoms with Crippen LogP contribution in [-0.2, 0) is 4.79 Å². The number of furan rings is 1. The Kier molecular flexibility index (Phi) is 4.04. The van der Waals surface area contributed by atoms with Crippen LogP contribution >= 0.6 is 0 Å². The van der Waals surface area contributed by atoms with E-state index in [2.05, 4.69) is 20.3 Å². The van der Waals surface area contributed by atoms with Gasteiger partial charge in [-0.25, -0.2) is 14.8 Å². The van der Waals surface area contributed by atoms with Crippen LogP contribution in [0.1, 0.15) is 12.2 Å².